The molecule has 2 heterocycles. The van der Waals surface area contributed by atoms with Crippen LogP contribution in [0.15, 0.2) is 6.20 Å². The van der Waals surface area contributed by atoms with E-state index in [4.69, 9.17) is 15.6 Å². The van der Waals surface area contributed by atoms with Crippen molar-refractivity contribution in [1.82, 2.24) is 15.0 Å². The Morgan fingerprint density at radius 1 is 1.61 bits per heavy atom. The molecule has 2 rings (SSSR count). The number of nitrogens with two attached hydrogens (primary N) is 1. The second-order valence-corrected chi connectivity index (χ2v) is 4.64. The molecule has 1 aliphatic heterocycles. The summed E-state index contributed by atoms with van der Waals surface area (Å²) in [7, 11) is 0. The molecule has 0 aliphatic carbocycles. The number of hydrogen-bond acceptors (Lipinski definition) is 5. The normalized spacial score (nSPS) is 18.7. The lowest BCUT2D eigenvalue weighted by atomic mass is 10.0. The van der Waals surface area contributed by atoms with Crippen LogP contribution in [0.2, 0.25) is 0 Å². The van der Waals surface area contributed by atoms with Crippen LogP contribution in [0, 0.1) is 5.92 Å². The first-order chi connectivity index (χ1) is 8.65. The van der Waals surface area contributed by atoms with Crippen molar-refractivity contribution in [2.45, 2.75) is 31.8 Å². The quantitative estimate of drug-likeness (QED) is 0.745. The van der Waals surface area contributed by atoms with E-state index in [0.717, 1.165) is 32.6 Å². The number of rotatable bonds is 5. The zero-order valence-corrected chi connectivity index (χ0v) is 10.2. The van der Waals surface area contributed by atoms with E-state index in [9.17, 15) is 4.79 Å². The zero-order valence-electron chi connectivity index (χ0n) is 10.2. The van der Waals surface area contributed by atoms with Crippen LogP contribution in [0.5, 0.6) is 0 Å². The van der Waals surface area contributed by atoms with Crippen LogP contribution in [0.1, 0.15) is 18.5 Å². The van der Waals surface area contributed by atoms with E-state index in [2.05, 4.69) is 10.3 Å². The number of aromatic nitrogens is 3. The van der Waals surface area contributed by atoms with Gasteiger partial charge >= 0.3 is 5.97 Å². The van der Waals surface area contributed by atoms with E-state index in [-0.39, 0.29) is 6.42 Å². The molecule has 0 amide bonds. The molecule has 0 bridgehead atoms. The smallest absolute Gasteiger partial charge is 0.320 e. The Morgan fingerprint density at radius 3 is 3.00 bits per heavy atom. The fourth-order valence-electron chi connectivity index (χ4n) is 2.03. The molecule has 18 heavy (non-hydrogen) atoms. The summed E-state index contributed by atoms with van der Waals surface area (Å²) in [6.07, 6.45) is 4.05. The second kappa shape index (κ2) is 5.92. The van der Waals surface area contributed by atoms with E-state index in [1.807, 2.05) is 0 Å². The first-order valence-corrected chi connectivity index (χ1v) is 6.10. The summed E-state index contributed by atoms with van der Waals surface area (Å²) in [5.74, 6) is -0.463. The Kier molecular flexibility index (Phi) is 4.27. The highest BCUT2D eigenvalue weighted by Gasteiger charge is 2.17. The lowest BCUT2D eigenvalue weighted by Gasteiger charge is -2.21. The monoisotopic (exact) mass is 254 g/mol. The molecule has 0 radical (unpaired) electrons. The van der Waals surface area contributed by atoms with Crippen molar-refractivity contribution in [3.05, 3.63) is 11.9 Å². The topological polar surface area (TPSA) is 103 Å². The van der Waals surface area contributed by atoms with Crippen molar-refractivity contribution < 1.29 is 14.6 Å². The average molecular weight is 254 g/mol. The lowest BCUT2D eigenvalue weighted by Crippen LogP contribution is -2.32. The van der Waals surface area contributed by atoms with Gasteiger partial charge in [-0.1, -0.05) is 5.21 Å². The third-order valence-corrected chi connectivity index (χ3v) is 3.12. The Bertz CT molecular complexity index is 401. The van der Waals surface area contributed by atoms with Crippen LogP contribution in [-0.2, 0) is 22.5 Å². The predicted octanol–water partition coefficient (Wildman–Crippen LogP) is -0.341. The summed E-state index contributed by atoms with van der Waals surface area (Å²) in [4.78, 5) is 10.6. The third-order valence-electron chi connectivity index (χ3n) is 3.12. The van der Waals surface area contributed by atoms with Gasteiger partial charge in [0.2, 0.25) is 0 Å². The average Bonchev–Trinajstić information content (AvgIpc) is 2.77. The van der Waals surface area contributed by atoms with Gasteiger partial charge in [0, 0.05) is 32.4 Å². The lowest BCUT2D eigenvalue weighted by molar-refractivity contribution is -0.138. The van der Waals surface area contributed by atoms with Crippen LogP contribution < -0.4 is 5.73 Å². The van der Waals surface area contributed by atoms with E-state index in [1.165, 1.54) is 0 Å². The van der Waals surface area contributed by atoms with E-state index >= 15 is 0 Å². The number of aliphatic carboxylic acids is 1. The highest BCUT2D eigenvalue weighted by atomic mass is 16.5. The minimum Gasteiger partial charge on any atom is -0.480 e. The minimum absolute atomic E-state index is 0.211. The molecule has 1 aromatic rings. The van der Waals surface area contributed by atoms with Gasteiger partial charge in [-0.2, -0.15) is 0 Å². The van der Waals surface area contributed by atoms with Crippen molar-refractivity contribution in [1.29, 1.82) is 0 Å². The summed E-state index contributed by atoms with van der Waals surface area (Å²) in [6, 6.07) is -0.918. The molecule has 100 valence electrons. The van der Waals surface area contributed by atoms with E-state index in [0.29, 0.717) is 11.6 Å². The summed E-state index contributed by atoms with van der Waals surface area (Å²) in [5.41, 5.74) is 6.07. The molecule has 1 aliphatic rings. The van der Waals surface area contributed by atoms with Gasteiger partial charge in [-0.05, 0) is 18.8 Å². The number of nitrogens with zero attached hydrogens (tertiary/aromatic N) is 3. The Balaban J connectivity index is 1.87. The molecule has 0 aromatic carbocycles. The number of carboxylic acid groups (broad SMARTS) is 1. The molecular weight excluding hydrogens is 236 g/mol. The van der Waals surface area contributed by atoms with Gasteiger partial charge in [0.1, 0.15) is 6.04 Å². The number of hydrogen-bond donors (Lipinski definition) is 2. The summed E-state index contributed by atoms with van der Waals surface area (Å²) >= 11 is 0. The largest absolute Gasteiger partial charge is 0.480 e. The maximum absolute atomic E-state index is 10.6. The maximum atomic E-state index is 10.6. The van der Waals surface area contributed by atoms with E-state index < -0.39 is 12.0 Å². The fraction of sp³-hybridized carbons (Fsp3) is 0.727. The molecule has 3 N–H and O–H groups in total. The summed E-state index contributed by atoms with van der Waals surface area (Å²) in [6.45, 7) is 2.41. The number of carboxylic acids is 1. The third kappa shape index (κ3) is 3.51. The first-order valence-electron chi connectivity index (χ1n) is 6.10. The molecule has 1 saturated heterocycles. The molecule has 1 fully saturated rings. The van der Waals surface area contributed by atoms with Gasteiger partial charge < -0.3 is 15.6 Å². The molecule has 0 saturated carbocycles. The van der Waals surface area contributed by atoms with Crippen molar-refractivity contribution in [2.75, 3.05) is 13.2 Å². The molecule has 1 unspecified atom stereocenters. The Morgan fingerprint density at radius 2 is 2.33 bits per heavy atom. The van der Waals surface area contributed by atoms with Gasteiger partial charge in [0.05, 0.1) is 5.69 Å². The van der Waals surface area contributed by atoms with Crippen LogP contribution in [0.4, 0.5) is 0 Å². The maximum Gasteiger partial charge on any atom is 0.320 e. The Hall–Kier alpha value is -1.47. The van der Waals surface area contributed by atoms with Crippen molar-refractivity contribution >= 4 is 5.97 Å². The van der Waals surface area contributed by atoms with E-state index in [1.54, 1.807) is 10.9 Å². The molecular formula is C11H18N4O3. The van der Waals surface area contributed by atoms with Gasteiger partial charge in [-0.15, -0.1) is 5.10 Å². The summed E-state index contributed by atoms with van der Waals surface area (Å²) in [5, 5.41) is 16.7. The van der Waals surface area contributed by atoms with Crippen molar-refractivity contribution in [2.24, 2.45) is 11.7 Å². The molecule has 1 atom stereocenters. The van der Waals surface area contributed by atoms with Crippen molar-refractivity contribution in [3.8, 4) is 0 Å². The summed E-state index contributed by atoms with van der Waals surface area (Å²) < 4.78 is 7.06. The fourth-order valence-corrected chi connectivity index (χ4v) is 2.03. The predicted molar refractivity (Wildman–Crippen MR) is 62.9 cm³/mol. The molecule has 7 heteroatoms. The SMILES string of the molecule is NC(Cc1cn(CC2CCOCC2)nn1)C(=O)O. The highest BCUT2D eigenvalue weighted by molar-refractivity contribution is 5.73. The van der Waals surface area contributed by atoms with Crippen LogP contribution in [0.25, 0.3) is 0 Å². The van der Waals surface area contributed by atoms with Gasteiger partial charge in [-0.3, -0.25) is 9.48 Å². The highest BCUT2D eigenvalue weighted by Crippen LogP contribution is 2.16. The molecule has 1 aromatic heterocycles. The number of carbonyl (C=O) groups is 1. The zero-order chi connectivity index (χ0) is 13.0. The minimum atomic E-state index is -1.02. The Labute approximate surface area is 105 Å². The molecule has 7 nitrogen and oxygen atoms in total. The second-order valence-electron chi connectivity index (χ2n) is 4.64. The van der Waals surface area contributed by atoms with Crippen LogP contribution in [-0.4, -0.2) is 45.3 Å². The first kappa shape index (κ1) is 13.0. The number of ether oxygens (including phenoxy) is 1. The van der Waals surface area contributed by atoms with Gasteiger partial charge in [0.15, 0.2) is 0 Å². The van der Waals surface area contributed by atoms with Gasteiger partial charge in [0.25, 0.3) is 0 Å². The van der Waals surface area contributed by atoms with Crippen LogP contribution in [0.3, 0.4) is 0 Å². The van der Waals surface area contributed by atoms with Gasteiger partial charge in [-0.25, -0.2) is 0 Å². The standard InChI is InChI=1S/C11H18N4O3/c12-10(11(16)17)5-9-7-15(14-13-9)6-8-1-3-18-4-2-8/h7-8,10H,1-6,12H2,(H,16,17). The molecule has 0 spiro atoms. The van der Waals surface area contributed by atoms with Crippen molar-refractivity contribution in [3.63, 3.8) is 0 Å². The van der Waals surface area contributed by atoms with Crippen LogP contribution >= 0.6 is 0 Å².